The molecule has 0 atom stereocenters. The summed E-state index contributed by atoms with van der Waals surface area (Å²) >= 11 is 5.80. The van der Waals surface area contributed by atoms with Crippen LogP contribution in [0, 0.1) is 0 Å². The number of hydrazone groups is 1. The fourth-order valence-electron chi connectivity index (χ4n) is 1.63. The summed E-state index contributed by atoms with van der Waals surface area (Å²) in [5.41, 5.74) is 2.95. The van der Waals surface area contributed by atoms with E-state index >= 15 is 0 Å². The monoisotopic (exact) mass is 324 g/mol. The molecule has 8 nitrogen and oxygen atoms in total. The van der Waals surface area contributed by atoms with Gasteiger partial charge in [-0.05, 0) is 12.1 Å². The van der Waals surface area contributed by atoms with Crippen LogP contribution in [0.25, 0.3) is 0 Å². The Labute approximate surface area is 130 Å². The Bertz CT molecular complexity index is 735. The molecule has 0 unspecified atom stereocenters. The number of halogens is 1. The summed E-state index contributed by atoms with van der Waals surface area (Å²) in [7, 11) is 2.85. The molecule has 0 saturated heterocycles. The largest absolute Gasteiger partial charge is 0.502 e. The van der Waals surface area contributed by atoms with E-state index in [-0.39, 0.29) is 28.0 Å². The van der Waals surface area contributed by atoms with Crippen molar-refractivity contribution >= 4 is 23.5 Å². The van der Waals surface area contributed by atoms with Crippen LogP contribution < -0.4 is 20.5 Å². The molecule has 0 amide bonds. The highest BCUT2D eigenvalue weighted by atomic mass is 35.5. The minimum Gasteiger partial charge on any atom is -0.502 e. The number of rotatable bonds is 5. The Morgan fingerprint density at radius 3 is 2.59 bits per heavy atom. The number of phenols is 1. The number of aromatic amines is 1. The van der Waals surface area contributed by atoms with Crippen LogP contribution in [0.1, 0.15) is 5.56 Å². The maximum absolute atomic E-state index is 11.3. The van der Waals surface area contributed by atoms with Crippen LogP contribution in [-0.4, -0.2) is 35.7 Å². The van der Waals surface area contributed by atoms with Crippen LogP contribution in [0.2, 0.25) is 5.02 Å². The van der Waals surface area contributed by atoms with Crippen molar-refractivity contribution in [3.63, 3.8) is 0 Å². The van der Waals surface area contributed by atoms with Crippen molar-refractivity contribution in [3.8, 4) is 17.2 Å². The van der Waals surface area contributed by atoms with Gasteiger partial charge in [0.2, 0.25) is 5.75 Å². The van der Waals surface area contributed by atoms with Crippen LogP contribution in [0.4, 0.5) is 5.69 Å². The van der Waals surface area contributed by atoms with Gasteiger partial charge in [0, 0.05) is 5.56 Å². The molecule has 22 heavy (non-hydrogen) atoms. The smallest absolute Gasteiger partial charge is 0.285 e. The van der Waals surface area contributed by atoms with Gasteiger partial charge in [-0.15, -0.1) is 0 Å². The zero-order chi connectivity index (χ0) is 16.1. The average Bonchev–Trinajstić information content (AvgIpc) is 2.52. The number of nitrogens with one attached hydrogen (secondary N) is 2. The highest BCUT2D eigenvalue weighted by molar-refractivity contribution is 6.32. The molecule has 2 aromatic rings. The number of hydrogen-bond donors (Lipinski definition) is 3. The molecule has 1 heterocycles. The number of ether oxygens (including phenoxy) is 2. The lowest BCUT2D eigenvalue weighted by Gasteiger charge is -2.09. The van der Waals surface area contributed by atoms with Gasteiger partial charge in [0.05, 0.1) is 26.6 Å². The lowest BCUT2D eigenvalue weighted by atomic mass is 10.2. The lowest BCUT2D eigenvalue weighted by Crippen LogP contribution is -2.10. The van der Waals surface area contributed by atoms with Crippen molar-refractivity contribution in [1.82, 2.24) is 10.2 Å². The maximum atomic E-state index is 11.3. The van der Waals surface area contributed by atoms with E-state index in [9.17, 15) is 9.90 Å². The van der Waals surface area contributed by atoms with E-state index in [1.807, 2.05) is 0 Å². The van der Waals surface area contributed by atoms with Crippen LogP contribution >= 0.6 is 11.6 Å². The first-order valence-electron chi connectivity index (χ1n) is 6.04. The van der Waals surface area contributed by atoms with Gasteiger partial charge in [-0.1, -0.05) is 11.6 Å². The molecule has 0 aliphatic heterocycles. The first-order chi connectivity index (χ1) is 10.6. The van der Waals surface area contributed by atoms with E-state index < -0.39 is 5.56 Å². The molecular weight excluding hydrogens is 312 g/mol. The first kappa shape index (κ1) is 15.6. The third-order valence-corrected chi connectivity index (χ3v) is 3.07. The molecule has 2 rings (SSSR count). The number of methoxy groups -OCH3 is 2. The van der Waals surface area contributed by atoms with Crippen molar-refractivity contribution < 1.29 is 14.6 Å². The SMILES string of the molecule is COc1cc(/C=N/Nc2cn[nH]c(=O)c2Cl)cc(OC)c1O. The zero-order valence-electron chi connectivity index (χ0n) is 11.8. The summed E-state index contributed by atoms with van der Waals surface area (Å²) in [5, 5.41) is 19.5. The van der Waals surface area contributed by atoms with Gasteiger partial charge in [-0.25, -0.2) is 5.10 Å². The average molecular weight is 325 g/mol. The number of nitrogens with zero attached hydrogens (tertiary/aromatic N) is 2. The number of hydrogen-bond acceptors (Lipinski definition) is 7. The number of anilines is 1. The zero-order valence-corrected chi connectivity index (χ0v) is 12.5. The number of phenolic OH excluding ortho intramolecular Hbond substituents is 1. The number of H-pyrrole nitrogens is 1. The van der Waals surface area contributed by atoms with E-state index in [1.54, 1.807) is 12.1 Å². The van der Waals surface area contributed by atoms with E-state index in [0.29, 0.717) is 5.56 Å². The summed E-state index contributed by atoms with van der Waals surface area (Å²) < 4.78 is 10.1. The van der Waals surface area contributed by atoms with Crippen molar-refractivity contribution in [2.24, 2.45) is 5.10 Å². The second-order valence-corrected chi connectivity index (χ2v) is 4.45. The first-order valence-corrected chi connectivity index (χ1v) is 6.42. The second-order valence-electron chi connectivity index (χ2n) is 4.07. The molecule has 0 aliphatic rings. The summed E-state index contributed by atoms with van der Waals surface area (Å²) in [6, 6.07) is 3.14. The van der Waals surface area contributed by atoms with Crippen LogP contribution in [0.5, 0.6) is 17.2 Å². The van der Waals surface area contributed by atoms with Gasteiger partial charge in [0.25, 0.3) is 5.56 Å². The van der Waals surface area contributed by atoms with Crippen molar-refractivity contribution in [1.29, 1.82) is 0 Å². The van der Waals surface area contributed by atoms with Gasteiger partial charge in [0.1, 0.15) is 10.7 Å². The quantitative estimate of drug-likeness (QED) is 0.569. The van der Waals surface area contributed by atoms with Crippen molar-refractivity contribution in [2.75, 3.05) is 19.6 Å². The topological polar surface area (TPSA) is 109 Å². The van der Waals surface area contributed by atoms with Gasteiger partial charge in [-0.3, -0.25) is 10.2 Å². The molecular formula is C13H13ClN4O4. The molecule has 1 aromatic carbocycles. The molecule has 0 bridgehead atoms. The van der Waals surface area contributed by atoms with Crippen molar-refractivity contribution in [3.05, 3.63) is 39.3 Å². The molecule has 1 aromatic heterocycles. The Hall–Kier alpha value is -2.74. The highest BCUT2D eigenvalue weighted by Crippen LogP contribution is 2.36. The number of aromatic hydroxyl groups is 1. The highest BCUT2D eigenvalue weighted by Gasteiger charge is 2.10. The molecule has 0 radical (unpaired) electrons. The summed E-state index contributed by atoms with van der Waals surface area (Å²) in [6.45, 7) is 0. The van der Waals surface area contributed by atoms with Crippen LogP contribution in [-0.2, 0) is 0 Å². The summed E-state index contributed by atoms with van der Waals surface area (Å²) in [4.78, 5) is 11.3. The third-order valence-electron chi connectivity index (χ3n) is 2.70. The predicted molar refractivity (Wildman–Crippen MR) is 82.3 cm³/mol. The lowest BCUT2D eigenvalue weighted by molar-refractivity contribution is 0.340. The fourth-order valence-corrected chi connectivity index (χ4v) is 1.76. The Morgan fingerprint density at radius 2 is 2.00 bits per heavy atom. The van der Waals surface area contributed by atoms with E-state index in [0.717, 1.165) is 0 Å². The maximum Gasteiger partial charge on any atom is 0.285 e. The Balaban J connectivity index is 2.23. The third kappa shape index (κ3) is 3.29. The minimum atomic E-state index is -0.519. The molecule has 3 N–H and O–H groups in total. The number of benzene rings is 1. The van der Waals surface area contributed by atoms with E-state index in [4.69, 9.17) is 21.1 Å². The molecule has 0 spiro atoms. The molecule has 0 fully saturated rings. The molecule has 0 saturated carbocycles. The number of aromatic nitrogens is 2. The van der Waals surface area contributed by atoms with Gasteiger partial charge >= 0.3 is 0 Å². The minimum absolute atomic E-state index is 0.0481. The molecule has 9 heteroatoms. The molecule has 0 aliphatic carbocycles. The van der Waals surface area contributed by atoms with Gasteiger partial charge in [-0.2, -0.15) is 10.2 Å². The fraction of sp³-hybridized carbons (Fsp3) is 0.154. The van der Waals surface area contributed by atoms with E-state index in [2.05, 4.69) is 20.7 Å². The van der Waals surface area contributed by atoms with Crippen LogP contribution in [0.15, 0.2) is 28.2 Å². The van der Waals surface area contributed by atoms with E-state index in [1.165, 1.54) is 26.6 Å². The van der Waals surface area contributed by atoms with Gasteiger partial charge < -0.3 is 14.6 Å². The standard InChI is InChI=1S/C13H13ClN4O4/c1-21-9-3-7(4-10(22-2)12(9)19)5-15-17-8-6-16-18-13(20)11(8)14/h3-6,19H,1-2H3,(H2,17,18,20)/b15-5+. The molecule has 116 valence electrons. The normalized spacial score (nSPS) is 10.7. The van der Waals surface area contributed by atoms with Crippen LogP contribution in [0.3, 0.4) is 0 Å². The predicted octanol–water partition coefficient (Wildman–Crippen LogP) is 1.59. The van der Waals surface area contributed by atoms with Gasteiger partial charge in [0.15, 0.2) is 11.5 Å². The second kappa shape index (κ2) is 6.81. The Kier molecular flexibility index (Phi) is 4.84. The summed E-state index contributed by atoms with van der Waals surface area (Å²) in [6.07, 6.45) is 2.78. The van der Waals surface area contributed by atoms with Crippen molar-refractivity contribution in [2.45, 2.75) is 0 Å². The summed E-state index contributed by atoms with van der Waals surface area (Å²) in [5.74, 6) is 0.394. The Morgan fingerprint density at radius 1 is 1.36 bits per heavy atom.